The molecule has 2 heteroatoms. The lowest BCUT2D eigenvalue weighted by molar-refractivity contribution is -0.00592. The molecule has 2 fully saturated rings. The van der Waals surface area contributed by atoms with E-state index in [2.05, 4.69) is 18.7 Å². The van der Waals surface area contributed by atoms with E-state index in [4.69, 9.17) is 5.73 Å². The lowest BCUT2D eigenvalue weighted by Gasteiger charge is -2.51. The fourth-order valence-electron chi connectivity index (χ4n) is 4.12. The molecule has 2 N–H and O–H groups in total. The van der Waals surface area contributed by atoms with Gasteiger partial charge in [-0.2, -0.15) is 0 Å². The highest BCUT2D eigenvalue weighted by atomic mass is 15.2. The zero-order chi connectivity index (χ0) is 13.0. The van der Waals surface area contributed by atoms with Crippen LogP contribution >= 0.6 is 0 Å². The SMILES string of the molecule is CC1CCC(C)N(C2(CN)CCCCCCC2)C1. The highest BCUT2D eigenvalue weighted by molar-refractivity contribution is 4.97. The molecule has 0 spiro atoms. The standard InChI is InChI=1S/C16H32N2/c1-14-8-9-15(2)18(12-14)16(13-17)10-6-4-3-5-7-11-16/h14-15H,3-13,17H2,1-2H3. The lowest BCUT2D eigenvalue weighted by atomic mass is 9.79. The summed E-state index contributed by atoms with van der Waals surface area (Å²) in [6.45, 7) is 6.97. The largest absolute Gasteiger partial charge is 0.329 e. The van der Waals surface area contributed by atoms with E-state index in [0.717, 1.165) is 18.5 Å². The van der Waals surface area contributed by atoms with Crippen LogP contribution in [0.15, 0.2) is 0 Å². The van der Waals surface area contributed by atoms with Crippen molar-refractivity contribution < 1.29 is 0 Å². The lowest BCUT2D eigenvalue weighted by Crippen LogP contribution is -2.60. The minimum atomic E-state index is 0.328. The van der Waals surface area contributed by atoms with Gasteiger partial charge in [0.1, 0.15) is 0 Å². The third kappa shape index (κ3) is 3.08. The van der Waals surface area contributed by atoms with Gasteiger partial charge in [0, 0.05) is 24.7 Å². The molecule has 1 saturated heterocycles. The Kier molecular flexibility index (Phi) is 5.08. The molecule has 1 aliphatic carbocycles. The minimum Gasteiger partial charge on any atom is -0.329 e. The van der Waals surface area contributed by atoms with Gasteiger partial charge in [-0.25, -0.2) is 0 Å². The number of likely N-dealkylation sites (tertiary alicyclic amines) is 1. The maximum atomic E-state index is 6.26. The van der Waals surface area contributed by atoms with Gasteiger partial charge in [-0.05, 0) is 38.5 Å². The van der Waals surface area contributed by atoms with Crippen LogP contribution in [-0.4, -0.2) is 29.6 Å². The van der Waals surface area contributed by atoms with Crippen LogP contribution in [0.4, 0.5) is 0 Å². The summed E-state index contributed by atoms with van der Waals surface area (Å²) in [7, 11) is 0. The maximum Gasteiger partial charge on any atom is 0.0334 e. The molecule has 2 aliphatic rings. The molecule has 0 radical (unpaired) electrons. The van der Waals surface area contributed by atoms with Crippen molar-refractivity contribution in [2.75, 3.05) is 13.1 Å². The van der Waals surface area contributed by atoms with E-state index in [-0.39, 0.29) is 0 Å². The number of hydrogen-bond acceptors (Lipinski definition) is 2. The monoisotopic (exact) mass is 252 g/mol. The molecule has 0 bridgehead atoms. The molecular weight excluding hydrogens is 220 g/mol. The second-order valence-corrected chi connectivity index (χ2v) is 6.88. The van der Waals surface area contributed by atoms with Gasteiger partial charge in [-0.15, -0.1) is 0 Å². The topological polar surface area (TPSA) is 29.3 Å². The van der Waals surface area contributed by atoms with Crippen molar-refractivity contribution in [3.63, 3.8) is 0 Å². The summed E-state index contributed by atoms with van der Waals surface area (Å²) in [5.74, 6) is 0.857. The average molecular weight is 252 g/mol. The quantitative estimate of drug-likeness (QED) is 0.814. The van der Waals surface area contributed by atoms with Crippen LogP contribution in [-0.2, 0) is 0 Å². The molecule has 2 rings (SSSR count). The predicted molar refractivity (Wildman–Crippen MR) is 78.7 cm³/mol. The number of hydrogen-bond donors (Lipinski definition) is 1. The predicted octanol–water partition coefficient (Wildman–Crippen LogP) is 3.55. The molecule has 1 heterocycles. The fraction of sp³-hybridized carbons (Fsp3) is 1.00. The number of piperidine rings is 1. The van der Waals surface area contributed by atoms with Crippen molar-refractivity contribution in [2.24, 2.45) is 11.7 Å². The Morgan fingerprint density at radius 3 is 2.22 bits per heavy atom. The van der Waals surface area contributed by atoms with Gasteiger partial charge in [0.05, 0.1) is 0 Å². The number of nitrogens with two attached hydrogens (primary N) is 1. The smallest absolute Gasteiger partial charge is 0.0334 e. The fourth-order valence-corrected chi connectivity index (χ4v) is 4.12. The van der Waals surface area contributed by atoms with E-state index in [0.29, 0.717) is 5.54 Å². The van der Waals surface area contributed by atoms with Crippen molar-refractivity contribution in [1.82, 2.24) is 4.90 Å². The first kappa shape index (κ1) is 14.3. The Morgan fingerprint density at radius 1 is 1.00 bits per heavy atom. The molecular formula is C16H32N2. The van der Waals surface area contributed by atoms with Crippen LogP contribution in [0.1, 0.15) is 71.6 Å². The first-order valence-electron chi connectivity index (χ1n) is 8.15. The van der Waals surface area contributed by atoms with Gasteiger partial charge in [-0.1, -0.05) is 39.0 Å². The zero-order valence-electron chi connectivity index (χ0n) is 12.5. The van der Waals surface area contributed by atoms with E-state index < -0.39 is 0 Å². The van der Waals surface area contributed by atoms with Crippen LogP contribution in [0, 0.1) is 5.92 Å². The Labute approximate surface area is 113 Å². The molecule has 18 heavy (non-hydrogen) atoms. The molecule has 0 aromatic rings. The molecule has 0 amide bonds. The Morgan fingerprint density at radius 2 is 1.61 bits per heavy atom. The summed E-state index contributed by atoms with van der Waals surface area (Å²) >= 11 is 0. The van der Waals surface area contributed by atoms with Gasteiger partial charge >= 0.3 is 0 Å². The normalized spacial score (nSPS) is 34.8. The highest BCUT2D eigenvalue weighted by Gasteiger charge is 2.39. The number of rotatable bonds is 2. The highest BCUT2D eigenvalue weighted by Crippen LogP contribution is 2.36. The van der Waals surface area contributed by atoms with Crippen LogP contribution in [0.3, 0.4) is 0 Å². The van der Waals surface area contributed by atoms with Crippen molar-refractivity contribution in [3.05, 3.63) is 0 Å². The van der Waals surface area contributed by atoms with Crippen LogP contribution in [0.25, 0.3) is 0 Å². The van der Waals surface area contributed by atoms with Gasteiger partial charge in [0.2, 0.25) is 0 Å². The van der Waals surface area contributed by atoms with Crippen LogP contribution in [0.5, 0.6) is 0 Å². The van der Waals surface area contributed by atoms with E-state index in [9.17, 15) is 0 Å². The Balaban J connectivity index is 2.11. The van der Waals surface area contributed by atoms with Crippen LogP contribution < -0.4 is 5.73 Å². The molecule has 1 saturated carbocycles. The van der Waals surface area contributed by atoms with Gasteiger partial charge in [-0.3, -0.25) is 4.90 Å². The maximum absolute atomic E-state index is 6.26. The van der Waals surface area contributed by atoms with Crippen LogP contribution in [0.2, 0.25) is 0 Å². The van der Waals surface area contributed by atoms with Gasteiger partial charge < -0.3 is 5.73 Å². The van der Waals surface area contributed by atoms with Crippen molar-refractivity contribution in [1.29, 1.82) is 0 Å². The summed E-state index contributed by atoms with van der Waals surface area (Å²) in [5, 5.41) is 0. The molecule has 0 aromatic carbocycles. The molecule has 106 valence electrons. The van der Waals surface area contributed by atoms with Crippen molar-refractivity contribution in [3.8, 4) is 0 Å². The zero-order valence-corrected chi connectivity index (χ0v) is 12.5. The van der Waals surface area contributed by atoms with E-state index in [1.807, 2.05) is 0 Å². The summed E-state index contributed by atoms with van der Waals surface area (Å²) in [6, 6.07) is 0.740. The molecule has 2 unspecified atom stereocenters. The second kappa shape index (κ2) is 6.38. The molecule has 0 aromatic heterocycles. The first-order chi connectivity index (χ1) is 8.68. The molecule has 2 atom stereocenters. The molecule has 2 nitrogen and oxygen atoms in total. The average Bonchev–Trinajstić information content (AvgIpc) is 2.33. The van der Waals surface area contributed by atoms with Crippen molar-refractivity contribution in [2.45, 2.75) is 83.2 Å². The van der Waals surface area contributed by atoms with Gasteiger partial charge in [0.25, 0.3) is 0 Å². The number of nitrogens with zero attached hydrogens (tertiary/aromatic N) is 1. The van der Waals surface area contributed by atoms with E-state index in [1.165, 1.54) is 64.3 Å². The Bertz CT molecular complexity index is 243. The third-order valence-corrected chi connectivity index (χ3v) is 5.39. The minimum absolute atomic E-state index is 0.328. The summed E-state index contributed by atoms with van der Waals surface area (Å²) in [4.78, 5) is 2.80. The summed E-state index contributed by atoms with van der Waals surface area (Å²) < 4.78 is 0. The third-order valence-electron chi connectivity index (χ3n) is 5.39. The first-order valence-corrected chi connectivity index (χ1v) is 8.15. The molecule has 1 aliphatic heterocycles. The van der Waals surface area contributed by atoms with Gasteiger partial charge in [0.15, 0.2) is 0 Å². The van der Waals surface area contributed by atoms with E-state index >= 15 is 0 Å². The summed E-state index contributed by atoms with van der Waals surface area (Å²) in [6.07, 6.45) is 12.5. The summed E-state index contributed by atoms with van der Waals surface area (Å²) in [5.41, 5.74) is 6.58. The second-order valence-electron chi connectivity index (χ2n) is 6.88. The van der Waals surface area contributed by atoms with Crippen molar-refractivity contribution >= 4 is 0 Å². The van der Waals surface area contributed by atoms with E-state index in [1.54, 1.807) is 0 Å². The Hall–Kier alpha value is -0.0800.